The third-order valence-corrected chi connectivity index (χ3v) is 7.55. The minimum atomic E-state index is -1.08. The van der Waals surface area contributed by atoms with Crippen molar-refractivity contribution in [1.29, 1.82) is 0 Å². The molecule has 0 fully saturated rings. The summed E-state index contributed by atoms with van der Waals surface area (Å²) in [5, 5.41) is 13.9. The zero-order valence-corrected chi connectivity index (χ0v) is 22.6. The quantitative estimate of drug-likeness (QED) is 0.265. The SMILES string of the molecule is CC(C)c1ccc(CC(NC(=O)c2cc3ccc(Oc4ccc(C(C)(C)C)cc4)cc3cn2)C(=O)O)s1. The first-order valence-electron chi connectivity index (χ1n) is 12.3. The lowest BCUT2D eigenvalue weighted by atomic mass is 9.87. The van der Waals surface area contributed by atoms with Crippen molar-refractivity contribution in [2.75, 3.05) is 0 Å². The molecule has 1 unspecified atom stereocenters. The van der Waals surface area contributed by atoms with Gasteiger partial charge in [0.2, 0.25) is 0 Å². The number of rotatable bonds is 8. The predicted octanol–water partition coefficient (Wildman–Crippen LogP) is 6.94. The van der Waals surface area contributed by atoms with Gasteiger partial charge in [0.1, 0.15) is 23.2 Å². The van der Waals surface area contributed by atoms with Crippen molar-refractivity contribution < 1.29 is 19.4 Å². The Bertz CT molecular complexity index is 1420. The van der Waals surface area contributed by atoms with Gasteiger partial charge in [-0.2, -0.15) is 0 Å². The van der Waals surface area contributed by atoms with Gasteiger partial charge in [-0.25, -0.2) is 4.79 Å². The Labute approximate surface area is 221 Å². The maximum atomic E-state index is 12.9. The van der Waals surface area contributed by atoms with Crippen molar-refractivity contribution in [2.24, 2.45) is 0 Å². The number of nitrogens with zero attached hydrogens (tertiary/aromatic N) is 1. The summed E-state index contributed by atoms with van der Waals surface area (Å²) in [4.78, 5) is 31.1. The van der Waals surface area contributed by atoms with Gasteiger partial charge in [0.15, 0.2) is 0 Å². The number of aliphatic carboxylic acids is 1. The third-order valence-electron chi connectivity index (χ3n) is 6.14. The Hall–Kier alpha value is -3.71. The fourth-order valence-corrected chi connectivity index (χ4v) is 4.98. The molecule has 4 rings (SSSR count). The van der Waals surface area contributed by atoms with E-state index in [9.17, 15) is 14.7 Å². The number of hydrogen-bond acceptors (Lipinski definition) is 5. The second-order valence-corrected chi connectivity index (χ2v) is 11.7. The number of thiophene rings is 1. The molecule has 4 aromatic rings. The highest BCUT2D eigenvalue weighted by molar-refractivity contribution is 7.12. The van der Waals surface area contributed by atoms with Gasteiger partial charge in [-0.05, 0) is 64.7 Å². The Morgan fingerprint density at radius 3 is 2.30 bits per heavy atom. The van der Waals surface area contributed by atoms with Crippen LogP contribution < -0.4 is 10.1 Å². The van der Waals surface area contributed by atoms with Crippen LogP contribution in [0.3, 0.4) is 0 Å². The zero-order valence-electron chi connectivity index (χ0n) is 21.7. The van der Waals surface area contributed by atoms with Crippen molar-refractivity contribution in [3.8, 4) is 11.5 Å². The number of hydrogen-bond donors (Lipinski definition) is 2. The molecule has 1 amide bonds. The van der Waals surface area contributed by atoms with Crippen molar-refractivity contribution in [1.82, 2.24) is 10.3 Å². The molecule has 0 radical (unpaired) electrons. The monoisotopic (exact) mass is 516 g/mol. The molecule has 0 saturated heterocycles. The Morgan fingerprint density at radius 1 is 0.973 bits per heavy atom. The van der Waals surface area contributed by atoms with Crippen LogP contribution in [0.5, 0.6) is 11.5 Å². The molecule has 1 atom stereocenters. The molecular weight excluding hydrogens is 484 g/mol. The number of amides is 1. The standard InChI is InChI=1S/C30H32N2O4S/c1-18(2)27-13-12-24(37-27)16-26(29(34)35)32-28(33)25-15-19-6-9-23(14-20(19)17-31-25)36-22-10-7-21(8-11-22)30(3,4)5/h6-15,17-18,26H,16H2,1-5H3,(H,32,33)(H,34,35). The van der Waals surface area contributed by atoms with Gasteiger partial charge in [-0.3, -0.25) is 9.78 Å². The number of fused-ring (bicyclic) bond motifs is 1. The molecule has 2 aromatic heterocycles. The minimum Gasteiger partial charge on any atom is -0.480 e. The molecule has 0 bridgehead atoms. The highest BCUT2D eigenvalue weighted by atomic mass is 32.1. The number of aromatic nitrogens is 1. The Balaban J connectivity index is 1.45. The predicted molar refractivity (Wildman–Crippen MR) is 148 cm³/mol. The van der Waals surface area contributed by atoms with E-state index in [-0.39, 0.29) is 17.5 Å². The molecule has 37 heavy (non-hydrogen) atoms. The fourth-order valence-electron chi connectivity index (χ4n) is 3.91. The number of carboxylic acid groups (broad SMARTS) is 1. The van der Waals surface area contributed by atoms with Crippen LogP contribution in [0, 0.1) is 0 Å². The van der Waals surface area contributed by atoms with E-state index in [1.807, 2.05) is 42.5 Å². The lowest BCUT2D eigenvalue weighted by Gasteiger charge is -2.19. The van der Waals surface area contributed by atoms with Crippen LogP contribution in [0.1, 0.15) is 66.3 Å². The maximum absolute atomic E-state index is 12.9. The van der Waals surface area contributed by atoms with Gasteiger partial charge >= 0.3 is 5.97 Å². The van der Waals surface area contributed by atoms with Gasteiger partial charge in [-0.1, -0.05) is 52.8 Å². The molecule has 6 nitrogen and oxygen atoms in total. The maximum Gasteiger partial charge on any atom is 0.326 e. The number of ether oxygens (including phenoxy) is 1. The molecule has 0 spiro atoms. The topological polar surface area (TPSA) is 88.5 Å². The van der Waals surface area contributed by atoms with Crippen LogP contribution in [0.25, 0.3) is 10.8 Å². The number of pyridine rings is 1. The van der Waals surface area contributed by atoms with Gasteiger partial charge in [0.25, 0.3) is 5.91 Å². The molecule has 0 aliphatic carbocycles. The number of carboxylic acids is 1. The second-order valence-electron chi connectivity index (χ2n) is 10.5. The molecule has 0 aliphatic heterocycles. The van der Waals surface area contributed by atoms with Crippen LogP contribution in [0.2, 0.25) is 0 Å². The number of carbonyl (C=O) groups is 2. The van der Waals surface area contributed by atoms with Gasteiger partial charge < -0.3 is 15.2 Å². The summed E-state index contributed by atoms with van der Waals surface area (Å²) < 4.78 is 6.01. The first kappa shape index (κ1) is 26.4. The summed E-state index contributed by atoms with van der Waals surface area (Å²) in [7, 11) is 0. The van der Waals surface area contributed by atoms with Crippen LogP contribution in [-0.2, 0) is 16.6 Å². The smallest absolute Gasteiger partial charge is 0.326 e. The minimum absolute atomic E-state index is 0.0723. The van der Waals surface area contributed by atoms with Crippen molar-refractivity contribution >= 4 is 34.0 Å². The van der Waals surface area contributed by atoms with E-state index in [0.29, 0.717) is 11.7 Å². The molecule has 2 N–H and O–H groups in total. The van der Waals surface area contributed by atoms with Gasteiger partial charge in [0, 0.05) is 27.8 Å². The number of benzene rings is 2. The molecule has 0 aliphatic rings. The molecule has 192 valence electrons. The Kier molecular flexibility index (Phi) is 7.64. The fraction of sp³-hybridized carbons (Fsp3) is 0.300. The molecule has 2 aromatic carbocycles. The van der Waals surface area contributed by atoms with Crippen molar-refractivity contribution in [3.63, 3.8) is 0 Å². The van der Waals surface area contributed by atoms with E-state index in [0.717, 1.165) is 21.4 Å². The van der Waals surface area contributed by atoms with E-state index in [1.54, 1.807) is 23.6 Å². The third kappa shape index (κ3) is 6.54. The van der Waals surface area contributed by atoms with E-state index in [1.165, 1.54) is 10.4 Å². The average Bonchev–Trinajstić information content (AvgIpc) is 3.32. The highest BCUT2D eigenvalue weighted by Gasteiger charge is 2.23. The lowest BCUT2D eigenvalue weighted by molar-refractivity contribution is -0.139. The zero-order chi connectivity index (χ0) is 26.7. The van der Waals surface area contributed by atoms with Gasteiger partial charge in [-0.15, -0.1) is 11.3 Å². The molecule has 2 heterocycles. The van der Waals surface area contributed by atoms with E-state index in [2.05, 4.69) is 57.1 Å². The van der Waals surface area contributed by atoms with E-state index >= 15 is 0 Å². The second kappa shape index (κ2) is 10.7. The summed E-state index contributed by atoms with van der Waals surface area (Å²) in [5.74, 6) is 0.179. The number of nitrogens with one attached hydrogen (secondary N) is 1. The largest absolute Gasteiger partial charge is 0.480 e. The first-order valence-corrected chi connectivity index (χ1v) is 13.1. The first-order chi connectivity index (χ1) is 17.5. The lowest BCUT2D eigenvalue weighted by Crippen LogP contribution is -2.42. The van der Waals surface area contributed by atoms with Crippen LogP contribution in [0.15, 0.2) is 66.9 Å². The summed E-state index contributed by atoms with van der Waals surface area (Å²) in [6.07, 6.45) is 1.83. The molecule has 7 heteroatoms. The highest BCUT2D eigenvalue weighted by Crippen LogP contribution is 2.29. The summed E-state index contributed by atoms with van der Waals surface area (Å²) in [5.41, 5.74) is 1.47. The van der Waals surface area contributed by atoms with Crippen LogP contribution >= 0.6 is 11.3 Å². The summed E-state index contributed by atoms with van der Waals surface area (Å²) >= 11 is 1.57. The van der Waals surface area contributed by atoms with Crippen molar-refractivity contribution in [2.45, 2.75) is 58.4 Å². The Morgan fingerprint density at radius 2 is 1.68 bits per heavy atom. The summed E-state index contributed by atoms with van der Waals surface area (Å²) in [6, 6.07) is 18.2. The molecular formula is C30H32N2O4S. The van der Waals surface area contributed by atoms with Crippen molar-refractivity contribution in [3.05, 3.63) is 87.9 Å². The van der Waals surface area contributed by atoms with E-state index < -0.39 is 17.9 Å². The van der Waals surface area contributed by atoms with Gasteiger partial charge in [0.05, 0.1) is 0 Å². The summed E-state index contributed by atoms with van der Waals surface area (Å²) in [6.45, 7) is 10.7. The molecule has 0 saturated carbocycles. The van der Waals surface area contributed by atoms with Crippen LogP contribution in [-0.4, -0.2) is 28.0 Å². The normalized spacial score (nSPS) is 12.5. The van der Waals surface area contributed by atoms with Crippen LogP contribution in [0.4, 0.5) is 0 Å². The number of carbonyl (C=O) groups excluding carboxylic acids is 1. The van der Waals surface area contributed by atoms with E-state index in [4.69, 9.17) is 4.74 Å². The average molecular weight is 517 g/mol.